The van der Waals surface area contributed by atoms with Gasteiger partial charge in [0, 0.05) is 28.8 Å². The van der Waals surface area contributed by atoms with Crippen molar-refractivity contribution in [2.75, 3.05) is 5.75 Å². The lowest BCUT2D eigenvalue weighted by Gasteiger charge is -2.29. The molecule has 2 atom stereocenters. The minimum atomic E-state index is -0.393. The first kappa shape index (κ1) is 16.0. The van der Waals surface area contributed by atoms with E-state index in [2.05, 4.69) is 5.32 Å². The molecule has 3 rings (SSSR count). The molecule has 1 aromatic rings. The van der Waals surface area contributed by atoms with Gasteiger partial charge in [-0.2, -0.15) is 0 Å². The summed E-state index contributed by atoms with van der Waals surface area (Å²) in [6.07, 6.45) is 1.33. The molecule has 2 amide bonds. The number of nitrogens with zero attached hydrogens (tertiary/aromatic N) is 1. The van der Waals surface area contributed by atoms with Crippen LogP contribution in [0.5, 0.6) is 0 Å². The quantitative estimate of drug-likeness (QED) is 0.903. The molecule has 0 bridgehead atoms. The normalized spacial score (nSPS) is 27.1. The monoisotopic (exact) mass is 358 g/mol. The lowest BCUT2D eigenvalue weighted by molar-refractivity contribution is -0.138. The topological polar surface area (TPSA) is 49.4 Å². The molecular weight excluding hydrogens is 343 g/mol. The van der Waals surface area contributed by atoms with Crippen molar-refractivity contribution >= 4 is 46.8 Å². The van der Waals surface area contributed by atoms with E-state index in [0.29, 0.717) is 28.8 Å². The highest BCUT2D eigenvalue weighted by Gasteiger charge is 2.52. The summed E-state index contributed by atoms with van der Waals surface area (Å²) in [6, 6.07) is 4.79. The Hall–Kier alpha value is -0.910. The van der Waals surface area contributed by atoms with E-state index in [-0.39, 0.29) is 16.7 Å². The number of rotatable bonds is 3. The molecule has 2 heterocycles. The standard InChI is InChI=1S/C15H16Cl2N2O2S/c1-15-5-4-13(20)19(15)12(8-22-15)14(21)18-7-9-2-3-10(16)6-11(9)17/h2-3,6,12H,4-5,7-8H2,1H3,(H,18,21)/t12-,15-/m1/s1. The van der Waals surface area contributed by atoms with E-state index in [1.807, 2.05) is 6.92 Å². The van der Waals surface area contributed by atoms with Crippen LogP contribution in [0.25, 0.3) is 0 Å². The van der Waals surface area contributed by atoms with E-state index in [9.17, 15) is 9.59 Å². The maximum Gasteiger partial charge on any atom is 0.243 e. The van der Waals surface area contributed by atoms with Crippen LogP contribution in [-0.2, 0) is 16.1 Å². The van der Waals surface area contributed by atoms with Crippen LogP contribution in [-0.4, -0.2) is 33.4 Å². The minimum Gasteiger partial charge on any atom is -0.350 e. The van der Waals surface area contributed by atoms with Gasteiger partial charge in [-0.05, 0) is 31.0 Å². The maximum atomic E-state index is 12.4. The second-order valence-electron chi connectivity index (χ2n) is 5.72. The molecule has 0 radical (unpaired) electrons. The molecule has 118 valence electrons. The van der Waals surface area contributed by atoms with Gasteiger partial charge in [0.1, 0.15) is 6.04 Å². The summed E-state index contributed by atoms with van der Waals surface area (Å²) >= 11 is 13.6. The largest absolute Gasteiger partial charge is 0.350 e. The smallest absolute Gasteiger partial charge is 0.243 e. The van der Waals surface area contributed by atoms with Gasteiger partial charge in [0.05, 0.1) is 4.87 Å². The van der Waals surface area contributed by atoms with Crippen molar-refractivity contribution in [1.82, 2.24) is 10.2 Å². The Bertz CT molecular complexity index is 640. The molecule has 0 saturated carbocycles. The van der Waals surface area contributed by atoms with Crippen LogP contribution in [0.2, 0.25) is 10.0 Å². The zero-order valence-corrected chi connectivity index (χ0v) is 14.4. The van der Waals surface area contributed by atoms with Crippen molar-refractivity contribution in [1.29, 1.82) is 0 Å². The van der Waals surface area contributed by atoms with Crippen LogP contribution in [0, 0.1) is 0 Å². The van der Waals surface area contributed by atoms with Crippen LogP contribution < -0.4 is 5.32 Å². The number of nitrogens with one attached hydrogen (secondary N) is 1. The second-order valence-corrected chi connectivity index (χ2v) is 8.06. The van der Waals surface area contributed by atoms with Gasteiger partial charge in [-0.25, -0.2) is 0 Å². The number of hydrogen-bond acceptors (Lipinski definition) is 3. The van der Waals surface area contributed by atoms with E-state index in [4.69, 9.17) is 23.2 Å². The van der Waals surface area contributed by atoms with Crippen molar-refractivity contribution in [3.63, 3.8) is 0 Å². The van der Waals surface area contributed by atoms with E-state index in [0.717, 1.165) is 12.0 Å². The molecule has 2 fully saturated rings. The number of amides is 2. The zero-order valence-electron chi connectivity index (χ0n) is 12.1. The van der Waals surface area contributed by atoms with Crippen LogP contribution in [0.1, 0.15) is 25.3 Å². The molecule has 0 unspecified atom stereocenters. The fourth-order valence-electron chi connectivity index (χ4n) is 2.98. The van der Waals surface area contributed by atoms with Crippen LogP contribution in [0.15, 0.2) is 18.2 Å². The summed E-state index contributed by atoms with van der Waals surface area (Å²) in [7, 11) is 0. The van der Waals surface area contributed by atoms with E-state index in [1.165, 1.54) is 0 Å². The third-order valence-electron chi connectivity index (χ3n) is 4.22. The first-order valence-electron chi connectivity index (χ1n) is 7.08. The molecule has 2 aliphatic heterocycles. The maximum absolute atomic E-state index is 12.4. The first-order valence-corrected chi connectivity index (χ1v) is 8.83. The van der Waals surface area contributed by atoms with Crippen molar-refractivity contribution in [2.45, 2.75) is 37.2 Å². The summed E-state index contributed by atoms with van der Waals surface area (Å²) in [5.74, 6) is 0.581. The fourth-order valence-corrected chi connectivity index (χ4v) is 4.89. The van der Waals surface area contributed by atoms with Crippen molar-refractivity contribution in [2.24, 2.45) is 0 Å². The van der Waals surface area contributed by atoms with E-state index in [1.54, 1.807) is 34.9 Å². The lowest BCUT2D eigenvalue weighted by Crippen LogP contribution is -2.49. The Morgan fingerprint density at radius 2 is 2.27 bits per heavy atom. The predicted octanol–water partition coefficient (Wildman–Crippen LogP) is 3.06. The Morgan fingerprint density at radius 1 is 1.50 bits per heavy atom. The highest BCUT2D eigenvalue weighted by molar-refractivity contribution is 8.01. The number of benzene rings is 1. The van der Waals surface area contributed by atoms with Gasteiger partial charge in [-0.15, -0.1) is 11.8 Å². The van der Waals surface area contributed by atoms with Crippen molar-refractivity contribution in [3.8, 4) is 0 Å². The van der Waals surface area contributed by atoms with Gasteiger partial charge >= 0.3 is 0 Å². The molecule has 0 aromatic heterocycles. The number of carbonyl (C=O) groups is 2. The number of thioether (sulfide) groups is 1. The third-order valence-corrected chi connectivity index (χ3v) is 6.31. The average Bonchev–Trinajstić information content (AvgIpc) is 2.95. The summed E-state index contributed by atoms with van der Waals surface area (Å²) in [5, 5.41) is 3.96. The molecule has 7 heteroatoms. The summed E-state index contributed by atoms with van der Waals surface area (Å²) in [5.41, 5.74) is 0.806. The Kier molecular flexibility index (Phi) is 4.32. The molecular formula is C15H16Cl2N2O2S. The summed E-state index contributed by atoms with van der Waals surface area (Å²) < 4.78 is 0. The van der Waals surface area contributed by atoms with Gasteiger partial charge in [-0.1, -0.05) is 29.3 Å². The van der Waals surface area contributed by atoms with Crippen LogP contribution in [0.3, 0.4) is 0 Å². The molecule has 0 aliphatic carbocycles. The van der Waals surface area contributed by atoms with Gasteiger partial charge in [0.25, 0.3) is 0 Å². The van der Waals surface area contributed by atoms with Crippen molar-refractivity contribution < 1.29 is 9.59 Å². The Morgan fingerprint density at radius 3 is 3.00 bits per heavy atom. The number of halogens is 2. The average molecular weight is 359 g/mol. The molecule has 22 heavy (non-hydrogen) atoms. The number of fused-ring (bicyclic) bond motifs is 1. The highest BCUT2D eigenvalue weighted by atomic mass is 35.5. The molecule has 1 aromatic carbocycles. The van der Waals surface area contributed by atoms with Gasteiger partial charge in [0.2, 0.25) is 11.8 Å². The molecule has 0 spiro atoms. The molecule has 2 aliphatic rings. The first-order chi connectivity index (χ1) is 10.4. The van der Waals surface area contributed by atoms with Gasteiger partial charge < -0.3 is 10.2 Å². The summed E-state index contributed by atoms with van der Waals surface area (Å²) in [6.45, 7) is 2.36. The van der Waals surface area contributed by atoms with Crippen molar-refractivity contribution in [3.05, 3.63) is 33.8 Å². The van der Waals surface area contributed by atoms with Crippen LogP contribution >= 0.6 is 35.0 Å². The van der Waals surface area contributed by atoms with Gasteiger partial charge in [0.15, 0.2) is 0 Å². The molecule has 2 saturated heterocycles. The van der Waals surface area contributed by atoms with Crippen LogP contribution in [0.4, 0.5) is 0 Å². The summed E-state index contributed by atoms with van der Waals surface area (Å²) in [4.78, 5) is 26.0. The van der Waals surface area contributed by atoms with E-state index >= 15 is 0 Å². The predicted molar refractivity (Wildman–Crippen MR) is 89.0 cm³/mol. The zero-order chi connectivity index (χ0) is 15.9. The lowest BCUT2D eigenvalue weighted by atomic mass is 10.2. The molecule has 4 nitrogen and oxygen atoms in total. The fraction of sp³-hybridized carbons (Fsp3) is 0.467. The third kappa shape index (κ3) is 2.82. The SMILES string of the molecule is C[C@@]12CCC(=O)N1[C@@H](C(=O)NCc1ccc(Cl)cc1Cl)CS2. The number of carbonyl (C=O) groups excluding carboxylic acids is 2. The van der Waals surface area contributed by atoms with Gasteiger partial charge in [-0.3, -0.25) is 9.59 Å². The Labute approximate surface area is 143 Å². The van der Waals surface area contributed by atoms with E-state index < -0.39 is 6.04 Å². The highest BCUT2D eigenvalue weighted by Crippen LogP contribution is 2.47. The number of hydrogen-bond donors (Lipinski definition) is 1. The molecule has 1 N–H and O–H groups in total. The minimum absolute atomic E-state index is 0.0668. The Balaban J connectivity index is 1.66. The second kappa shape index (κ2) is 5.95.